The summed E-state index contributed by atoms with van der Waals surface area (Å²) in [6.07, 6.45) is 1.06. The summed E-state index contributed by atoms with van der Waals surface area (Å²) in [5.74, 6) is -1.30. The monoisotopic (exact) mass is 270 g/mol. The van der Waals surface area contributed by atoms with Crippen molar-refractivity contribution in [3.05, 3.63) is 11.9 Å². The number of aromatic nitrogens is 2. The minimum absolute atomic E-state index is 0.511. The van der Waals surface area contributed by atoms with Crippen molar-refractivity contribution in [1.82, 2.24) is 15.1 Å². The zero-order chi connectivity index (χ0) is 14.6. The molecule has 8 heteroatoms. The highest BCUT2D eigenvalue weighted by Crippen LogP contribution is 2.13. The van der Waals surface area contributed by atoms with Gasteiger partial charge in [0.05, 0.1) is 17.5 Å². The highest BCUT2D eigenvalue weighted by Gasteiger charge is 2.25. The van der Waals surface area contributed by atoms with E-state index < -0.39 is 24.1 Å². The molecule has 0 bridgehead atoms. The van der Waals surface area contributed by atoms with E-state index in [0.29, 0.717) is 17.8 Å². The maximum absolute atomic E-state index is 11.7. The second-order valence-electron chi connectivity index (χ2n) is 4.17. The van der Waals surface area contributed by atoms with Crippen molar-refractivity contribution in [3.8, 4) is 0 Å². The van der Waals surface area contributed by atoms with Crippen LogP contribution in [0.2, 0.25) is 0 Å². The first kappa shape index (κ1) is 15.0. The SMILES string of the molecule is CCc1nn(C)cc1NC(=O)NC(C(=O)O)C(C)O. The zero-order valence-electron chi connectivity index (χ0n) is 11.0. The molecule has 0 fully saturated rings. The standard InChI is InChI=1S/C11H18N4O4/c1-4-7-8(5-15(3)14-7)12-11(19)13-9(6(2)16)10(17)18/h5-6,9,16H,4H2,1-3H3,(H,17,18)(H2,12,13,19). The molecule has 0 radical (unpaired) electrons. The number of amides is 2. The third-order valence-corrected chi connectivity index (χ3v) is 2.52. The Morgan fingerprint density at radius 2 is 2.16 bits per heavy atom. The largest absolute Gasteiger partial charge is 0.480 e. The lowest BCUT2D eigenvalue weighted by molar-refractivity contribution is -0.141. The molecule has 2 amide bonds. The molecule has 0 spiro atoms. The van der Waals surface area contributed by atoms with Crippen molar-refractivity contribution in [3.63, 3.8) is 0 Å². The van der Waals surface area contributed by atoms with E-state index in [-0.39, 0.29) is 0 Å². The van der Waals surface area contributed by atoms with E-state index in [2.05, 4.69) is 15.7 Å². The molecular weight excluding hydrogens is 252 g/mol. The van der Waals surface area contributed by atoms with Crippen molar-refractivity contribution in [2.24, 2.45) is 7.05 Å². The topological polar surface area (TPSA) is 116 Å². The first-order chi connectivity index (χ1) is 8.85. The summed E-state index contributed by atoms with van der Waals surface area (Å²) in [6.45, 7) is 3.18. The van der Waals surface area contributed by atoms with E-state index in [0.717, 1.165) is 0 Å². The number of carboxylic acid groups (broad SMARTS) is 1. The van der Waals surface area contributed by atoms with Crippen molar-refractivity contribution in [2.75, 3.05) is 5.32 Å². The van der Waals surface area contributed by atoms with Gasteiger partial charge in [-0.3, -0.25) is 4.68 Å². The Labute approximate surface area is 110 Å². The van der Waals surface area contributed by atoms with Crippen molar-refractivity contribution >= 4 is 17.7 Å². The number of carbonyl (C=O) groups is 2. The van der Waals surface area contributed by atoms with Crippen LogP contribution in [0.1, 0.15) is 19.5 Å². The molecule has 8 nitrogen and oxygen atoms in total. The lowest BCUT2D eigenvalue weighted by Gasteiger charge is -2.17. The molecule has 106 valence electrons. The maximum Gasteiger partial charge on any atom is 0.328 e. The first-order valence-electron chi connectivity index (χ1n) is 5.86. The Hall–Kier alpha value is -2.09. The molecule has 0 aliphatic heterocycles. The van der Waals surface area contributed by atoms with Gasteiger partial charge in [-0.1, -0.05) is 6.92 Å². The Morgan fingerprint density at radius 1 is 1.53 bits per heavy atom. The number of aliphatic carboxylic acids is 1. The van der Waals surface area contributed by atoms with E-state index in [1.54, 1.807) is 17.9 Å². The van der Waals surface area contributed by atoms with Crippen LogP contribution in [0.3, 0.4) is 0 Å². The van der Waals surface area contributed by atoms with Gasteiger partial charge in [0.15, 0.2) is 6.04 Å². The smallest absolute Gasteiger partial charge is 0.328 e. The molecule has 1 heterocycles. The normalized spacial score (nSPS) is 13.7. The minimum Gasteiger partial charge on any atom is -0.480 e. The number of hydrogen-bond donors (Lipinski definition) is 4. The van der Waals surface area contributed by atoms with Crippen LogP contribution in [0.15, 0.2) is 6.20 Å². The third-order valence-electron chi connectivity index (χ3n) is 2.52. The van der Waals surface area contributed by atoms with Gasteiger partial charge in [0.2, 0.25) is 0 Å². The van der Waals surface area contributed by atoms with E-state index in [9.17, 15) is 14.7 Å². The molecular formula is C11H18N4O4. The molecule has 2 unspecified atom stereocenters. The fraction of sp³-hybridized carbons (Fsp3) is 0.545. The van der Waals surface area contributed by atoms with Gasteiger partial charge in [0, 0.05) is 13.2 Å². The van der Waals surface area contributed by atoms with Crippen LogP contribution >= 0.6 is 0 Å². The number of carboxylic acids is 1. The summed E-state index contributed by atoms with van der Waals surface area (Å²) in [7, 11) is 1.72. The van der Waals surface area contributed by atoms with Crippen LogP contribution < -0.4 is 10.6 Å². The first-order valence-corrected chi connectivity index (χ1v) is 5.86. The lowest BCUT2D eigenvalue weighted by atomic mass is 10.2. The minimum atomic E-state index is -1.36. The predicted octanol–water partition coefficient (Wildman–Crippen LogP) is -0.0620. The number of carbonyl (C=O) groups excluding carboxylic acids is 1. The summed E-state index contributed by atoms with van der Waals surface area (Å²) in [4.78, 5) is 22.5. The predicted molar refractivity (Wildman–Crippen MR) is 67.8 cm³/mol. The van der Waals surface area contributed by atoms with Crippen LogP contribution in [0, 0.1) is 0 Å². The van der Waals surface area contributed by atoms with Crippen molar-refractivity contribution < 1.29 is 19.8 Å². The molecule has 19 heavy (non-hydrogen) atoms. The van der Waals surface area contributed by atoms with Crippen LogP contribution in [0.4, 0.5) is 10.5 Å². The van der Waals surface area contributed by atoms with Gasteiger partial charge in [-0.25, -0.2) is 9.59 Å². The molecule has 1 rings (SSSR count). The molecule has 0 aliphatic carbocycles. The van der Waals surface area contributed by atoms with Gasteiger partial charge in [0.25, 0.3) is 0 Å². The average molecular weight is 270 g/mol. The zero-order valence-corrected chi connectivity index (χ0v) is 11.0. The number of hydrogen-bond acceptors (Lipinski definition) is 4. The molecule has 0 aliphatic rings. The average Bonchev–Trinajstić information content (AvgIpc) is 2.65. The summed E-state index contributed by atoms with van der Waals surface area (Å²) in [5.41, 5.74) is 1.21. The summed E-state index contributed by atoms with van der Waals surface area (Å²) in [6, 6.07) is -2.06. The summed E-state index contributed by atoms with van der Waals surface area (Å²) < 4.78 is 1.55. The quantitative estimate of drug-likeness (QED) is 0.598. The number of aryl methyl sites for hydroxylation is 2. The van der Waals surface area contributed by atoms with E-state index in [1.807, 2.05) is 6.92 Å². The Balaban J connectivity index is 2.71. The lowest BCUT2D eigenvalue weighted by Crippen LogP contribution is -2.49. The number of aliphatic hydroxyl groups is 1. The van der Waals surface area contributed by atoms with Gasteiger partial charge >= 0.3 is 12.0 Å². The number of aliphatic hydroxyl groups excluding tert-OH is 1. The Kier molecular flexibility index (Phi) is 4.87. The molecule has 4 N–H and O–H groups in total. The van der Waals surface area contributed by atoms with Crippen LogP contribution in [-0.4, -0.2) is 44.1 Å². The van der Waals surface area contributed by atoms with Gasteiger partial charge < -0.3 is 20.8 Å². The van der Waals surface area contributed by atoms with Gasteiger partial charge in [-0.15, -0.1) is 0 Å². The van der Waals surface area contributed by atoms with E-state index in [4.69, 9.17) is 5.11 Å². The van der Waals surface area contributed by atoms with Crippen molar-refractivity contribution in [1.29, 1.82) is 0 Å². The van der Waals surface area contributed by atoms with Gasteiger partial charge in [-0.2, -0.15) is 5.10 Å². The number of urea groups is 1. The Bertz CT molecular complexity index is 469. The van der Waals surface area contributed by atoms with Gasteiger partial charge in [-0.05, 0) is 13.3 Å². The van der Waals surface area contributed by atoms with Gasteiger partial charge in [0.1, 0.15) is 0 Å². The van der Waals surface area contributed by atoms with Crippen LogP contribution in [-0.2, 0) is 18.3 Å². The van der Waals surface area contributed by atoms with E-state index in [1.165, 1.54) is 6.92 Å². The number of rotatable bonds is 5. The Morgan fingerprint density at radius 3 is 2.63 bits per heavy atom. The second-order valence-corrected chi connectivity index (χ2v) is 4.17. The van der Waals surface area contributed by atoms with Crippen molar-refractivity contribution in [2.45, 2.75) is 32.4 Å². The number of nitrogens with zero attached hydrogens (tertiary/aromatic N) is 2. The molecule has 2 atom stereocenters. The summed E-state index contributed by atoms with van der Waals surface area (Å²) in [5, 5.41) is 27.0. The fourth-order valence-electron chi connectivity index (χ4n) is 1.59. The van der Waals surface area contributed by atoms with Crippen LogP contribution in [0.5, 0.6) is 0 Å². The van der Waals surface area contributed by atoms with E-state index >= 15 is 0 Å². The second kappa shape index (κ2) is 6.19. The highest BCUT2D eigenvalue weighted by atomic mass is 16.4. The molecule has 0 saturated carbocycles. The fourth-order valence-corrected chi connectivity index (χ4v) is 1.59. The molecule has 1 aromatic rings. The molecule has 0 aromatic carbocycles. The molecule has 0 saturated heterocycles. The van der Waals surface area contributed by atoms with Crippen LogP contribution in [0.25, 0.3) is 0 Å². The third kappa shape index (κ3) is 3.95. The number of anilines is 1. The summed E-state index contributed by atoms with van der Waals surface area (Å²) >= 11 is 0. The number of nitrogens with one attached hydrogen (secondary N) is 2. The highest BCUT2D eigenvalue weighted by molar-refractivity contribution is 5.92. The molecule has 1 aromatic heterocycles. The maximum atomic E-state index is 11.7.